The summed E-state index contributed by atoms with van der Waals surface area (Å²) in [6, 6.07) is 4.26. The number of halogens is 1. The lowest BCUT2D eigenvalue weighted by molar-refractivity contribution is 0.117. The van der Waals surface area contributed by atoms with Crippen molar-refractivity contribution in [3.8, 4) is 5.75 Å². The topological polar surface area (TPSA) is 30.5 Å². The van der Waals surface area contributed by atoms with Gasteiger partial charge in [0.05, 0.1) is 12.7 Å². The molecule has 0 aromatic heterocycles. The van der Waals surface area contributed by atoms with Crippen LogP contribution in [0.3, 0.4) is 0 Å². The van der Waals surface area contributed by atoms with E-state index in [9.17, 15) is 0 Å². The molecule has 94 valence electrons. The number of rotatable bonds is 5. The minimum Gasteiger partial charge on any atom is -0.493 e. The molecule has 1 heterocycles. The van der Waals surface area contributed by atoms with Crippen molar-refractivity contribution in [2.24, 2.45) is 0 Å². The van der Waals surface area contributed by atoms with Gasteiger partial charge < -0.3 is 14.8 Å². The Kier molecular flexibility index (Phi) is 4.42. The van der Waals surface area contributed by atoms with E-state index in [1.165, 1.54) is 11.1 Å². The smallest absolute Gasteiger partial charge is 0.127 e. The first-order valence-corrected chi connectivity index (χ1v) is 6.67. The molecule has 0 saturated heterocycles. The van der Waals surface area contributed by atoms with Gasteiger partial charge in [0.1, 0.15) is 5.75 Å². The monoisotopic (exact) mass is 299 g/mol. The molecule has 0 fully saturated rings. The summed E-state index contributed by atoms with van der Waals surface area (Å²) < 4.78 is 12.0. The van der Waals surface area contributed by atoms with Crippen molar-refractivity contribution in [2.75, 3.05) is 20.3 Å². The molecule has 0 bridgehead atoms. The van der Waals surface area contributed by atoms with Gasteiger partial charge in [-0.25, -0.2) is 0 Å². The first kappa shape index (κ1) is 12.9. The Bertz CT molecular complexity index is 395. The third kappa shape index (κ3) is 3.21. The summed E-state index contributed by atoms with van der Waals surface area (Å²) in [5, 5.41) is 3.38. The zero-order valence-electron chi connectivity index (χ0n) is 10.3. The largest absolute Gasteiger partial charge is 0.493 e. The second kappa shape index (κ2) is 5.85. The molecule has 1 unspecified atom stereocenters. The number of methoxy groups -OCH3 is 1. The van der Waals surface area contributed by atoms with Gasteiger partial charge in [0.25, 0.3) is 0 Å². The van der Waals surface area contributed by atoms with Gasteiger partial charge in [0.15, 0.2) is 0 Å². The first-order valence-electron chi connectivity index (χ1n) is 5.88. The molecule has 1 aliphatic heterocycles. The highest BCUT2D eigenvalue weighted by Crippen LogP contribution is 2.32. The van der Waals surface area contributed by atoms with Gasteiger partial charge >= 0.3 is 0 Å². The fourth-order valence-corrected chi connectivity index (χ4v) is 2.52. The summed E-state index contributed by atoms with van der Waals surface area (Å²) in [6.07, 6.45) is 1.24. The fraction of sp³-hybridized carbons (Fsp3) is 0.538. The van der Waals surface area contributed by atoms with Crippen molar-refractivity contribution in [1.82, 2.24) is 5.32 Å². The van der Waals surface area contributed by atoms with Crippen molar-refractivity contribution >= 4 is 15.9 Å². The molecular formula is C13H18BrNO2. The Hall–Kier alpha value is -0.580. The zero-order valence-corrected chi connectivity index (χ0v) is 11.8. The van der Waals surface area contributed by atoms with Crippen molar-refractivity contribution < 1.29 is 9.47 Å². The number of hydrogen-bond donors (Lipinski definition) is 1. The molecular weight excluding hydrogens is 282 g/mol. The Balaban J connectivity index is 2.01. The van der Waals surface area contributed by atoms with Crippen LogP contribution < -0.4 is 10.1 Å². The minimum atomic E-state index is 0.233. The van der Waals surface area contributed by atoms with Gasteiger partial charge in [-0.3, -0.25) is 0 Å². The highest BCUT2D eigenvalue weighted by atomic mass is 79.9. The maximum absolute atomic E-state index is 5.68. The predicted molar refractivity (Wildman–Crippen MR) is 71.5 cm³/mol. The van der Waals surface area contributed by atoms with Gasteiger partial charge in [-0.05, 0) is 24.6 Å². The third-order valence-electron chi connectivity index (χ3n) is 2.97. The molecule has 1 aromatic carbocycles. The van der Waals surface area contributed by atoms with Crippen LogP contribution in [0.1, 0.15) is 18.1 Å². The van der Waals surface area contributed by atoms with Crippen molar-refractivity contribution in [2.45, 2.75) is 26.0 Å². The van der Waals surface area contributed by atoms with Crippen LogP contribution in [-0.2, 0) is 17.7 Å². The average Bonchev–Trinajstić information content (AvgIpc) is 2.76. The summed E-state index contributed by atoms with van der Waals surface area (Å²) in [6.45, 7) is 4.51. The van der Waals surface area contributed by atoms with Gasteiger partial charge in [0, 0.05) is 36.7 Å². The van der Waals surface area contributed by atoms with Gasteiger partial charge in [0.2, 0.25) is 0 Å². The van der Waals surface area contributed by atoms with Crippen LogP contribution in [0.5, 0.6) is 5.75 Å². The lowest BCUT2D eigenvalue weighted by atomic mass is 10.1. The fourth-order valence-electron chi connectivity index (χ4n) is 1.97. The second-order valence-electron chi connectivity index (χ2n) is 4.33. The van der Waals surface area contributed by atoms with Crippen LogP contribution in [0, 0.1) is 0 Å². The van der Waals surface area contributed by atoms with E-state index in [1.807, 2.05) is 0 Å². The van der Waals surface area contributed by atoms with Crippen LogP contribution in [0.25, 0.3) is 0 Å². The van der Waals surface area contributed by atoms with Crippen molar-refractivity contribution in [3.05, 3.63) is 27.7 Å². The van der Waals surface area contributed by atoms with Crippen LogP contribution in [0.4, 0.5) is 0 Å². The summed E-state index contributed by atoms with van der Waals surface area (Å²) >= 11 is 3.54. The molecule has 0 amide bonds. The van der Waals surface area contributed by atoms with E-state index < -0.39 is 0 Å². The van der Waals surface area contributed by atoms with Crippen LogP contribution >= 0.6 is 15.9 Å². The molecule has 0 spiro atoms. The van der Waals surface area contributed by atoms with Crippen LogP contribution in [0.2, 0.25) is 0 Å². The maximum Gasteiger partial charge on any atom is 0.127 e. The van der Waals surface area contributed by atoms with E-state index in [0.29, 0.717) is 0 Å². The molecule has 2 rings (SSSR count). The summed E-state index contributed by atoms with van der Waals surface area (Å²) in [5.74, 6) is 1.06. The van der Waals surface area contributed by atoms with Gasteiger partial charge in [-0.15, -0.1) is 0 Å². The van der Waals surface area contributed by atoms with E-state index in [0.717, 1.165) is 36.3 Å². The van der Waals surface area contributed by atoms with E-state index in [4.69, 9.17) is 9.47 Å². The van der Waals surface area contributed by atoms with Crippen molar-refractivity contribution in [1.29, 1.82) is 0 Å². The van der Waals surface area contributed by atoms with Crippen LogP contribution in [-0.4, -0.2) is 26.4 Å². The van der Waals surface area contributed by atoms with E-state index >= 15 is 0 Å². The van der Waals surface area contributed by atoms with E-state index in [-0.39, 0.29) is 6.10 Å². The average molecular weight is 300 g/mol. The first-order chi connectivity index (χ1) is 8.20. The summed E-state index contributed by atoms with van der Waals surface area (Å²) in [7, 11) is 1.73. The van der Waals surface area contributed by atoms with Crippen LogP contribution in [0.15, 0.2) is 16.6 Å². The molecule has 0 radical (unpaired) electrons. The lowest BCUT2D eigenvalue weighted by Gasteiger charge is -2.13. The molecule has 3 nitrogen and oxygen atoms in total. The lowest BCUT2D eigenvalue weighted by Crippen LogP contribution is -2.25. The standard InChI is InChI=1S/C13H18BrNO2/c1-9(16-2)7-15-8-11-6-12(14)5-10-3-4-17-13(10)11/h5-6,9,15H,3-4,7-8H2,1-2H3. The zero-order chi connectivity index (χ0) is 12.3. The summed E-state index contributed by atoms with van der Waals surface area (Å²) in [5.41, 5.74) is 2.52. The molecule has 1 aromatic rings. The van der Waals surface area contributed by atoms with Gasteiger partial charge in [-0.2, -0.15) is 0 Å². The number of fused-ring (bicyclic) bond motifs is 1. The quantitative estimate of drug-likeness (QED) is 0.906. The highest BCUT2D eigenvalue weighted by Gasteiger charge is 2.17. The predicted octanol–water partition coefficient (Wildman–Crippen LogP) is 2.51. The molecule has 17 heavy (non-hydrogen) atoms. The van der Waals surface area contributed by atoms with Gasteiger partial charge in [-0.1, -0.05) is 15.9 Å². The number of ether oxygens (including phenoxy) is 2. The van der Waals surface area contributed by atoms with E-state index in [2.05, 4.69) is 40.3 Å². The molecule has 0 saturated carbocycles. The Morgan fingerprint density at radius 2 is 2.35 bits per heavy atom. The molecule has 1 N–H and O–H groups in total. The molecule has 1 atom stereocenters. The van der Waals surface area contributed by atoms with E-state index in [1.54, 1.807) is 7.11 Å². The second-order valence-corrected chi connectivity index (χ2v) is 5.24. The Morgan fingerprint density at radius 3 is 3.12 bits per heavy atom. The third-order valence-corrected chi connectivity index (χ3v) is 3.43. The SMILES string of the molecule is COC(C)CNCc1cc(Br)cc2c1OCC2. The molecule has 1 aliphatic rings. The number of nitrogens with one attached hydrogen (secondary N) is 1. The number of benzene rings is 1. The minimum absolute atomic E-state index is 0.233. The highest BCUT2D eigenvalue weighted by molar-refractivity contribution is 9.10. The normalized spacial score (nSPS) is 15.5. The Morgan fingerprint density at radius 1 is 1.53 bits per heavy atom. The molecule has 4 heteroatoms. The molecule has 0 aliphatic carbocycles. The number of hydrogen-bond acceptors (Lipinski definition) is 3. The van der Waals surface area contributed by atoms with Crippen molar-refractivity contribution in [3.63, 3.8) is 0 Å². The Labute approximate surface area is 111 Å². The maximum atomic E-state index is 5.68. The summed E-state index contributed by atoms with van der Waals surface area (Å²) in [4.78, 5) is 0.